The van der Waals surface area contributed by atoms with E-state index in [1.54, 1.807) is 5.57 Å². The number of nitrogens with one attached hydrogen (secondary N) is 1. The number of hydrogen-bond acceptors (Lipinski definition) is 2. The van der Waals surface area contributed by atoms with E-state index in [2.05, 4.69) is 11.4 Å². The first-order valence-corrected chi connectivity index (χ1v) is 6.03. The molecule has 0 aromatic rings. The summed E-state index contributed by atoms with van der Waals surface area (Å²) in [5.74, 6) is 0. The second kappa shape index (κ2) is 4.94. The van der Waals surface area contributed by atoms with Gasteiger partial charge in [0.05, 0.1) is 0 Å². The standard InChI is InChI=1S/C12H22N2/c13-11(12-7-4-8-14-12)9-10-5-2-1-3-6-10/h5,11-12,14H,1-4,6-9,13H2. The van der Waals surface area contributed by atoms with E-state index in [1.807, 2.05) is 0 Å². The molecular formula is C12H22N2. The molecule has 14 heavy (non-hydrogen) atoms. The summed E-state index contributed by atoms with van der Waals surface area (Å²) in [5, 5.41) is 3.49. The Morgan fingerprint density at radius 3 is 3.00 bits per heavy atom. The summed E-state index contributed by atoms with van der Waals surface area (Å²) in [7, 11) is 0. The molecule has 1 heterocycles. The van der Waals surface area contributed by atoms with Gasteiger partial charge < -0.3 is 11.1 Å². The highest BCUT2D eigenvalue weighted by molar-refractivity contribution is 5.08. The first-order chi connectivity index (χ1) is 6.86. The van der Waals surface area contributed by atoms with Crippen LogP contribution in [0.15, 0.2) is 11.6 Å². The predicted molar refractivity (Wildman–Crippen MR) is 60.2 cm³/mol. The van der Waals surface area contributed by atoms with Crippen LogP contribution < -0.4 is 11.1 Å². The van der Waals surface area contributed by atoms with Gasteiger partial charge in [0.25, 0.3) is 0 Å². The highest BCUT2D eigenvalue weighted by atomic mass is 15.0. The van der Waals surface area contributed by atoms with E-state index in [1.165, 1.54) is 38.5 Å². The molecule has 2 atom stereocenters. The summed E-state index contributed by atoms with van der Waals surface area (Å²) in [6, 6.07) is 0.930. The average Bonchev–Trinajstić information content (AvgIpc) is 2.72. The van der Waals surface area contributed by atoms with Crippen molar-refractivity contribution in [1.29, 1.82) is 0 Å². The average molecular weight is 194 g/mol. The quantitative estimate of drug-likeness (QED) is 0.674. The summed E-state index contributed by atoms with van der Waals surface area (Å²) < 4.78 is 0. The van der Waals surface area contributed by atoms with Crippen molar-refractivity contribution in [3.8, 4) is 0 Å². The molecule has 2 rings (SSSR count). The van der Waals surface area contributed by atoms with E-state index < -0.39 is 0 Å². The van der Waals surface area contributed by atoms with Crippen LogP contribution in [0.1, 0.15) is 44.9 Å². The fourth-order valence-corrected chi connectivity index (χ4v) is 2.61. The molecule has 0 saturated carbocycles. The zero-order valence-electron chi connectivity index (χ0n) is 8.97. The lowest BCUT2D eigenvalue weighted by molar-refractivity contribution is 0.471. The maximum absolute atomic E-state index is 6.21. The van der Waals surface area contributed by atoms with Crippen molar-refractivity contribution in [3.05, 3.63) is 11.6 Å². The molecule has 80 valence electrons. The van der Waals surface area contributed by atoms with Gasteiger partial charge in [0.2, 0.25) is 0 Å². The lowest BCUT2D eigenvalue weighted by Gasteiger charge is -2.22. The van der Waals surface area contributed by atoms with Gasteiger partial charge >= 0.3 is 0 Å². The van der Waals surface area contributed by atoms with Gasteiger partial charge in [0.1, 0.15) is 0 Å². The molecule has 0 spiro atoms. The molecule has 3 N–H and O–H groups in total. The van der Waals surface area contributed by atoms with Crippen molar-refractivity contribution in [3.63, 3.8) is 0 Å². The van der Waals surface area contributed by atoms with Crippen molar-refractivity contribution in [2.45, 2.75) is 57.0 Å². The molecule has 1 saturated heterocycles. The third kappa shape index (κ3) is 2.58. The number of hydrogen-bond donors (Lipinski definition) is 2. The Labute approximate surface area is 86.9 Å². The molecule has 1 aliphatic heterocycles. The van der Waals surface area contributed by atoms with E-state index in [0.717, 1.165) is 13.0 Å². The second-order valence-electron chi connectivity index (χ2n) is 4.68. The SMILES string of the molecule is NC(CC1=CCCCC1)C1CCCN1. The summed E-state index contributed by atoms with van der Waals surface area (Å²) in [4.78, 5) is 0. The first-order valence-electron chi connectivity index (χ1n) is 6.03. The minimum absolute atomic E-state index is 0.349. The smallest absolute Gasteiger partial charge is 0.0232 e. The van der Waals surface area contributed by atoms with Crippen LogP contribution in [-0.4, -0.2) is 18.6 Å². The van der Waals surface area contributed by atoms with Gasteiger partial charge in [0, 0.05) is 12.1 Å². The Bertz CT molecular complexity index is 204. The van der Waals surface area contributed by atoms with Crippen LogP contribution in [0.2, 0.25) is 0 Å². The summed E-state index contributed by atoms with van der Waals surface area (Å²) in [5.41, 5.74) is 7.82. The van der Waals surface area contributed by atoms with Gasteiger partial charge in [-0.1, -0.05) is 11.6 Å². The van der Waals surface area contributed by atoms with E-state index in [0.29, 0.717) is 12.1 Å². The highest BCUT2D eigenvalue weighted by Crippen LogP contribution is 2.23. The fourth-order valence-electron chi connectivity index (χ4n) is 2.61. The van der Waals surface area contributed by atoms with Crippen molar-refractivity contribution in [2.24, 2.45) is 5.73 Å². The molecule has 1 aliphatic carbocycles. The summed E-state index contributed by atoms with van der Waals surface area (Å²) in [6.45, 7) is 1.16. The van der Waals surface area contributed by atoms with Crippen molar-refractivity contribution < 1.29 is 0 Å². The zero-order valence-corrected chi connectivity index (χ0v) is 8.97. The van der Waals surface area contributed by atoms with E-state index >= 15 is 0 Å². The molecular weight excluding hydrogens is 172 g/mol. The Morgan fingerprint density at radius 2 is 2.36 bits per heavy atom. The molecule has 0 radical (unpaired) electrons. The molecule has 0 aromatic carbocycles. The zero-order chi connectivity index (χ0) is 9.80. The summed E-state index contributed by atoms with van der Waals surface area (Å²) >= 11 is 0. The van der Waals surface area contributed by atoms with Gasteiger partial charge in [-0.3, -0.25) is 0 Å². The molecule has 0 bridgehead atoms. The number of nitrogens with two attached hydrogens (primary N) is 1. The predicted octanol–water partition coefficient (Wildman–Crippen LogP) is 1.96. The molecule has 0 amide bonds. The fraction of sp³-hybridized carbons (Fsp3) is 0.833. The van der Waals surface area contributed by atoms with Crippen LogP contribution in [0.3, 0.4) is 0 Å². The first kappa shape index (κ1) is 10.2. The maximum atomic E-state index is 6.21. The van der Waals surface area contributed by atoms with Crippen molar-refractivity contribution in [1.82, 2.24) is 5.32 Å². The maximum Gasteiger partial charge on any atom is 0.0232 e. The van der Waals surface area contributed by atoms with Gasteiger partial charge in [-0.15, -0.1) is 0 Å². The lowest BCUT2D eigenvalue weighted by Crippen LogP contribution is -2.41. The third-order valence-electron chi connectivity index (χ3n) is 3.50. The summed E-state index contributed by atoms with van der Waals surface area (Å²) in [6.07, 6.45) is 11.4. The van der Waals surface area contributed by atoms with Gasteiger partial charge in [-0.25, -0.2) is 0 Å². The van der Waals surface area contributed by atoms with Crippen LogP contribution in [-0.2, 0) is 0 Å². The van der Waals surface area contributed by atoms with E-state index in [4.69, 9.17) is 5.73 Å². The minimum atomic E-state index is 0.349. The topological polar surface area (TPSA) is 38.0 Å². The van der Waals surface area contributed by atoms with Crippen LogP contribution >= 0.6 is 0 Å². The Morgan fingerprint density at radius 1 is 1.43 bits per heavy atom. The van der Waals surface area contributed by atoms with E-state index in [9.17, 15) is 0 Å². The molecule has 0 aromatic heterocycles. The number of allylic oxidation sites excluding steroid dienone is 1. The van der Waals surface area contributed by atoms with E-state index in [-0.39, 0.29) is 0 Å². The second-order valence-corrected chi connectivity index (χ2v) is 4.68. The molecule has 2 nitrogen and oxygen atoms in total. The lowest BCUT2D eigenvalue weighted by atomic mass is 9.92. The van der Waals surface area contributed by atoms with Crippen LogP contribution in [0, 0.1) is 0 Å². The third-order valence-corrected chi connectivity index (χ3v) is 3.50. The van der Waals surface area contributed by atoms with Crippen LogP contribution in [0.5, 0.6) is 0 Å². The molecule has 2 unspecified atom stereocenters. The van der Waals surface area contributed by atoms with Crippen molar-refractivity contribution in [2.75, 3.05) is 6.54 Å². The Balaban J connectivity index is 1.80. The highest BCUT2D eigenvalue weighted by Gasteiger charge is 2.22. The molecule has 2 aliphatic rings. The van der Waals surface area contributed by atoms with Gasteiger partial charge in [-0.05, 0) is 51.5 Å². The van der Waals surface area contributed by atoms with Crippen molar-refractivity contribution >= 4 is 0 Å². The normalized spacial score (nSPS) is 30.1. The van der Waals surface area contributed by atoms with Gasteiger partial charge in [-0.2, -0.15) is 0 Å². The van der Waals surface area contributed by atoms with Gasteiger partial charge in [0.15, 0.2) is 0 Å². The van der Waals surface area contributed by atoms with Crippen LogP contribution in [0.25, 0.3) is 0 Å². The number of rotatable bonds is 3. The monoisotopic (exact) mass is 194 g/mol. The minimum Gasteiger partial charge on any atom is -0.326 e. The Hall–Kier alpha value is -0.340. The van der Waals surface area contributed by atoms with Crippen LogP contribution in [0.4, 0.5) is 0 Å². The molecule has 2 heteroatoms. The largest absolute Gasteiger partial charge is 0.326 e. The molecule has 1 fully saturated rings. The Kier molecular flexibility index (Phi) is 3.60.